The molecule has 0 aliphatic carbocycles. The molecule has 0 nitrogen and oxygen atoms in total. The lowest BCUT2D eigenvalue weighted by molar-refractivity contribution is -0.143. The molecule has 1 aromatic rings. The molecule has 0 spiro atoms. The third kappa shape index (κ3) is 2.43. The Balaban J connectivity index is 3.37. The van der Waals surface area contributed by atoms with Crippen LogP contribution in [0.5, 0.6) is 0 Å². The van der Waals surface area contributed by atoms with Crippen LogP contribution in [0.3, 0.4) is 0 Å². The van der Waals surface area contributed by atoms with Gasteiger partial charge in [-0.05, 0) is 24.6 Å². The van der Waals surface area contributed by atoms with Crippen molar-refractivity contribution in [3.8, 4) is 0 Å². The number of halogens is 6. The summed E-state index contributed by atoms with van der Waals surface area (Å²) in [6.07, 6.45) is -9.64. The van der Waals surface area contributed by atoms with Gasteiger partial charge in [0.05, 0.1) is 11.1 Å². The zero-order valence-corrected chi connectivity index (χ0v) is 7.21. The van der Waals surface area contributed by atoms with Gasteiger partial charge >= 0.3 is 12.4 Å². The first-order valence-electron chi connectivity index (χ1n) is 3.73. The van der Waals surface area contributed by atoms with Gasteiger partial charge in [0.2, 0.25) is 0 Å². The van der Waals surface area contributed by atoms with E-state index in [1.807, 2.05) is 0 Å². The first-order chi connectivity index (χ1) is 6.64. The molecule has 15 heavy (non-hydrogen) atoms. The maximum absolute atomic E-state index is 12.2. The van der Waals surface area contributed by atoms with Crippen LogP contribution in [0.25, 0.3) is 0 Å². The number of hydrogen-bond acceptors (Lipinski definition) is 0. The minimum Gasteiger partial charge on any atom is -0.166 e. The van der Waals surface area contributed by atoms with Crippen molar-refractivity contribution in [2.45, 2.75) is 12.4 Å². The average molecular weight is 227 g/mol. The summed E-state index contributed by atoms with van der Waals surface area (Å²) in [4.78, 5) is 0. The highest BCUT2D eigenvalue weighted by molar-refractivity contribution is 5.40. The summed E-state index contributed by atoms with van der Waals surface area (Å²) in [5.74, 6) is 0. The Labute approximate surface area is 81.5 Å². The van der Waals surface area contributed by atoms with Crippen molar-refractivity contribution in [2.24, 2.45) is 0 Å². The Hall–Kier alpha value is -1.20. The number of rotatable bonds is 0. The SMILES string of the molecule is [CH2]c1c(C(F)(F)F)cccc1C(F)(F)F. The average Bonchev–Trinajstić information content (AvgIpc) is 1.99. The van der Waals surface area contributed by atoms with Gasteiger partial charge in [0.1, 0.15) is 0 Å². The minimum absolute atomic E-state index is 0.567. The van der Waals surface area contributed by atoms with Crippen LogP contribution in [0, 0.1) is 6.92 Å². The van der Waals surface area contributed by atoms with Gasteiger partial charge in [-0.15, -0.1) is 0 Å². The third-order valence-electron chi connectivity index (χ3n) is 1.79. The zero-order valence-electron chi connectivity index (χ0n) is 7.21. The summed E-state index contributed by atoms with van der Waals surface area (Å²) in [5, 5.41) is 0. The van der Waals surface area contributed by atoms with Crippen LogP contribution in [0.15, 0.2) is 18.2 Å². The van der Waals surface area contributed by atoms with E-state index in [2.05, 4.69) is 6.92 Å². The molecule has 0 aliphatic heterocycles. The molecular weight excluding hydrogens is 222 g/mol. The lowest BCUT2D eigenvalue weighted by atomic mass is 10.0. The maximum atomic E-state index is 12.2. The summed E-state index contributed by atoms with van der Waals surface area (Å²) in [6, 6.07) is 1.84. The van der Waals surface area contributed by atoms with Gasteiger partial charge in [0.25, 0.3) is 0 Å². The second kappa shape index (κ2) is 3.43. The molecule has 6 heteroatoms. The van der Waals surface area contributed by atoms with Gasteiger partial charge in [0, 0.05) is 0 Å². The van der Waals surface area contributed by atoms with Gasteiger partial charge < -0.3 is 0 Å². The van der Waals surface area contributed by atoms with E-state index in [-0.39, 0.29) is 0 Å². The molecule has 0 unspecified atom stereocenters. The van der Waals surface area contributed by atoms with E-state index in [0.717, 1.165) is 0 Å². The van der Waals surface area contributed by atoms with Gasteiger partial charge in [-0.1, -0.05) is 6.07 Å². The first kappa shape index (κ1) is 11.9. The lowest BCUT2D eigenvalue weighted by Gasteiger charge is -2.15. The summed E-state index contributed by atoms with van der Waals surface area (Å²) in [7, 11) is 0. The number of benzene rings is 1. The van der Waals surface area contributed by atoms with Crippen LogP contribution in [-0.4, -0.2) is 0 Å². The van der Waals surface area contributed by atoms with E-state index in [1.54, 1.807) is 0 Å². The van der Waals surface area contributed by atoms with E-state index in [1.165, 1.54) is 0 Å². The van der Waals surface area contributed by atoms with E-state index in [4.69, 9.17) is 0 Å². The highest BCUT2D eigenvalue weighted by Crippen LogP contribution is 2.38. The Morgan fingerprint density at radius 2 is 1.13 bits per heavy atom. The molecule has 0 amide bonds. The van der Waals surface area contributed by atoms with Crippen molar-refractivity contribution < 1.29 is 26.3 Å². The second-order valence-electron chi connectivity index (χ2n) is 2.83. The van der Waals surface area contributed by atoms with Crippen LogP contribution in [0.2, 0.25) is 0 Å². The summed E-state index contributed by atoms with van der Waals surface area (Å²) in [6.45, 7) is 2.81. The maximum Gasteiger partial charge on any atom is 0.416 e. The Bertz CT molecular complexity index is 328. The van der Waals surface area contributed by atoms with Crippen LogP contribution < -0.4 is 0 Å². The zero-order chi connectivity index (χ0) is 11.9. The molecule has 0 aliphatic rings. The van der Waals surface area contributed by atoms with E-state index in [9.17, 15) is 26.3 Å². The van der Waals surface area contributed by atoms with Crippen molar-refractivity contribution in [3.05, 3.63) is 41.8 Å². The van der Waals surface area contributed by atoms with Gasteiger partial charge in [0.15, 0.2) is 0 Å². The predicted molar refractivity (Wildman–Crippen MR) is 40.9 cm³/mol. The predicted octanol–water partition coefficient (Wildman–Crippen LogP) is 3.91. The van der Waals surface area contributed by atoms with Crippen LogP contribution >= 0.6 is 0 Å². The largest absolute Gasteiger partial charge is 0.416 e. The molecule has 0 saturated heterocycles. The topological polar surface area (TPSA) is 0 Å². The van der Waals surface area contributed by atoms with E-state index >= 15 is 0 Å². The molecule has 1 aromatic carbocycles. The van der Waals surface area contributed by atoms with Gasteiger partial charge in [-0.2, -0.15) is 26.3 Å². The smallest absolute Gasteiger partial charge is 0.166 e. The fraction of sp³-hybridized carbons (Fsp3) is 0.222. The summed E-state index contributed by atoms with van der Waals surface area (Å²) in [5.41, 5.74) is -3.77. The standard InChI is InChI=1S/C9H5F6/c1-5-6(8(10,11)12)3-2-4-7(5)9(13,14)15/h2-4H,1H2. The molecule has 83 valence electrons. The molecular formula is C9H5F6. The quantitative estimate of drug-likeness (QED) is 0.589. The van der Waals surface area contributed by atoms with Crippen molar-refractivity contribution in [3.63, 3.8) is 0 Å². The molecule has 0 atom stereocenters. The molecule has 0 fully saturated rings. The summed E-state index contributed by atoms with van der Waals surface area (Å²) < 4.78 is 73.3. The third-order valence-corrected chi connectivity index (χ3v) is 1.79. The van der Waals surface area contributed by atoms with Crippen LogP contribution in [0.1, 0.15) is 16.7 Å². The van der Waals surface area contributed by atoms with Crippen molar-refractivity contribution in [2.75, 3.05) is 0 Å². The molecule has 1 rings (SSSR count). The molecule has 0 heterocycles. The molecule has 0 bridgehead atoms. The molecule has 1 radical (unpaired) electrons. The van der Waals surface area contributed by atoms with Crippen molar-refractivity contribution in [1.82, 2.24) is 0 Å². The highest BCUT2D eigenvalue weighted by atomic mass is 19.4. The number of alkyl halides is 6. The number of hydrogen-bond donors (Lipinski definition) is 0. The Morgan fingerprint density at radius 3 is 1.40 bits per heavy atom. The van der Waals surface area contributed by atoms with Crippen LogP contribution in [-0.2, 0) is 12.4 Å². The van der Waals surface area contributed by atoms with Crippen molar-refractivity contribution >= 4 is 0 Å². The lowest BCUT2D eigenvalue weighted by Crippen LogP contribution is -2.14. The summed E-state index contributed by atoms with van der Waals surface area (Å²) >= 11 is 0. The fourth-order valence-electron chi connectivity index (χ4n) is 1.12. The molecule has 0 aromatic heterocycles. The minimum atomic E-state index is -4.82. The molecule has 0 saturated carbocycles. The molecule has 0 N–H and O–H groups in total. The van der Waals surface area contributed by atoms with Crippen molar-refractivity contribution in [1.29, 1.82) is 0 Å². The van der Waals surface area contributed by atoms with E-state index in [0.29, 0.717) is 18.2 Å². The fourth-order valence-corrected chi connectivity index (χ4v) is 1.12. The van der Waals surface area contributed by atoms with E-state index < -0.39 is 29.0 Å². The van der Waals surface area contributed by atoms with Crippen LogP contribution in [0.4, 0.5) is 26.3 Å². The Kier molecular flexibility index (Phi) is 2.71. The monoisotopic (exact) mass is 227 g/mol. The Morgan fingerprint density at radius 1 is 0.800 bits per heavy atom. The van der Waals surface area contributed by atoms with Gasteiger partial charge in [-0.25, -0.2) is 0 Å². The first-order valence-corrected chi connectivity index (χ1v) is 3.73. The second-order valence-corrected chi connectivity index (χ2v) is 2.83. The normalized spacial score (nSPS) is 13.0. The van der Waals surface area contributed by atoms with Gasteiger partial charge in [-0.3, -0.25) is 0 Å². The highest BCUT2D eigenvalue weighted by Gasteiger charge is 2.38.